The molecule has 1 atom stereocenters. The Morgan fingerprint density at radius 3 is 2.30 bits per heavy atom. The van der Waals surface area contributed by atoms with Crippen molar-refractivity contribution in [3.63, 3.8) is 0 Å². The molecule has 7 nitrogen and oxygen atoms in total. The number of amides is 2. The molecule has 2 aromatic carbocycles. The van der Waals surface area contributed by atoms with Gasteiger partial charge in [-0.05, 0) is 48.9 Å². The molecule has 1 unspecified atom stereocenters. The van der Waals surface area contributed by atoms with Crippen LogP contribution in [-0.4, -0.2) is 50.5 Å². The van der Waals surface area contributed by atoms with E-state index in [1.165, 1.54) is 6.07 Å². The Morgan fingerprint density at radius 1 is 1.05 bits per heavy atom. The number of nitrogens with one attached hydrogen (secondary N) is 1. The summed E-state index contributed by atoms with van der Waals surface area (Å²) < 4.78 is 52.7. The Morgan fingerprint density at radius 2 is 1.73 bits per heavy atom. The SMILES string of the molecule is CCC(C(=O)NCC(C)C)N(Cc1ccccc1C)C(=O)CCCN(c1ccc(F)c(F)c1)S(C)(=O)=O. The van der Waals surface area contributed by atoms with E-state index in [0.717, 1.165) is 33.8 Å². The maximum atomic E-state index is 13.7. The van der Waals surface area contributed by atoms with E-state index < -0.39 is 27.7 Å². The standard InChI is InChI=1S/C27H37F2N3O4S/c1-6-25(27(34)30-17-19(2)3)31(18-21-11-8-7-10-20(21)4)26(33)12-9-15-32(37(5,35)36)22-13-14-23(28)24(29)16-22/h7-8,10-11,13-14,16,19,25H,6,9,12,15,17-18H2,1-5H3,(H,30,34). The van der Waals surface area contributed by atoms with Crippen molar-refractivity contribution in [2.24, 2.45) is 5.92 Å². The van der Waals surface area contributed by atoms with E-state index in [4.69, 9.17) is 0 Å². The predicted molar refractivity (Wildman–Crippen MR) is 141 cm³/mol. The summed E-state index contributed by atoms with van der Waals surface area (Å²) in [5, 5.41) is 2.91. The maximum absolute atomic E-state index is 13.7. The minimum absolute atomic E-state index is 0.0230. The van der Waals surface area contributed by atoms with Crippen LogP contribution < -0.4 is 9.62 Å². The second-order valence-electron chi connectivity index (χ2n) is 9.55. The number of sulfonamides is 1. The summed E-state index contributed by atoms with van der Waals surface area (Å²) in [5.41, 5.74) is 1.87. The molecule has 0 aromatic heterocycles. The van der Waals surface area contributed by atoms with Crippen molar-refractivity contribution in [1.29, 1.82) is 0 Å². The van der Waals surface area contributed by atoms with Crippen LogP contribution in [0.1, 0.15) is 51.2 Å². The van der Waals surface area contributed by atoms with Crippen LogP contribution in [0.5, 0.6) is 0 Å². The van der Waals surface area contributed by atoms with E-state index in [9.17, 15) is 26.8 Å². The van der Waals surface area contributed by atoms with Crippen molar-refractivity contribution in [2.45, 2.75) is 59.5 Å². The van der Waals surface area contributed by atoms with E-state index in [0.29, 0.717) is 13.0 Å². The highest BCUT2D eigenvalue weighted by Crippen LogP contribution is 2.22. The van der Waals surface area contributed by atoms with E-state index in [2.05, 4.69) is 5.32 Å². The first kappa shape index (κ1) is 30.2. The first-order valence-electron chi connectivity index (χ1n) is 12.4. The highest BCUT2D eigenvalue weighted by atomic mass is 32.2. The molecule has 0 saturated carbocycles. The number of nitrogens with zero attached hydrogens (tertiary/aromatic N) is 2. The van der Waals surface area contributed by atoms with Gasteiger partial charge in [-0.3, -0.25) is 13.9 Å². The summed E-state index contributed by atoms with van der Waals surface area (Å²) in [6.07, 6.45) is 1.47. The number of hydrogen-bond acceptors (Lipinski definition) is 4. The number of benzene rings is 2. The summed E-state index contributed by atoms with van der Waals surface area (Å²) in [7, 11) is -3.81. The molecule has 0 spiro atoms. The first-order valence-corrected chi connectivity index (χ1v) is 14.2. The van der Waals surface area contributed by atoms with Gasteiger partial charge in [0.1, 0.15) is 6.04 Å². The average molecular weight is 538 g/mol. The van der Waals surface area contributed by atoms with Crippen molar-refractivity contribution in [1.82, 2.24) is 10.2 Å². The molecule has 10 heteroatoms. The zero-order valence-corrected chi connectivity index (χ0v) is 22.9. The minimum atomic E-state index is -3.81. The lowest BCUT2D eigenvalue weighted by Crippen LogP contribution is -2.49. The monoisotopic (exact) mass is 537 g/mol. The number of carbonyl (C=O) groups excluding carboxylic acids is 2. The summed E-state index contributed by atoms with van der Waals surface area (Å²) in [5.74, 6) is -2.53. The Kier molecular flexibility index (Phi) is 11.0. The molecule has 0 aliphatic rings. The fourth-order valence-corrected chi connectivity index (χ4v) is 4.91. The van der Waals surface area contributed by atoms with E-state index in [1.807, 2.05) is 52.0 Å². The molecule has 204 valence electrons. The summed E-state index contributed by atoms with van der Waals surface area (Å²) in [4.78, 5) is 28.0. The van der Waals surface area contributed by atoms with Crippen molar-refractivity contribution in [3.05, 3.63) is 65.2 Å². The number of carbonyl (C=O) groups is 2. The van der Waals surface area contributed by atoms with Crippen LogP contribution in [-0.2, 0) is 26.2 Å². The van der Waals surface area contributed by atoms with E-state index >= 15 is 0 Å². The second kappa shape index (κ2) is 13.5. The molecule has 37 heavy (non-hydrogen) atoms. The molecule has 0 bridgehead atoms. The van der Waals surface area contributed by atoms with Crippen molar-refractivity contribution in [3.8, 4) is 0 Å². The third-order valence-electron chi connectivity index (χ3n) is 6.02. The summed E-state index contributed by atoms with van der Waals surface area (Å²) in [6.45, 7) is 8.35. The van der Waals surface area contributed by atoms with Crippen LogP contribution in [0.4, 0.5) is 14.5 Å². The van der Waals surface area contributed by atoms with Gasteiger partial charge in [0.25, 0.3) is 0 Å². The second-order valence-corrected chi connectivity index (χ2v) is 11.5. The van der Waals surface area contributed by atoms with Crippen molar-refractivity contribution < 1.29 is 26.8 Å². The van der Waals surface area contributed by atoms with Gasteiger partial charge in [-0.2, -0.15) is 0 Å². The molecule has 0 fully saturated rings. The van der Waals surface area contributed by atoms with Gasteiger partial charge < -0.3 is 10.2 Å². The smallest absolute Gasteiger partial charge is 0.242 e. The number of anilines is 1. The van der Waals surface area contributed by atoms with Crippen LogP contribution in [0.2, 0.25) is 0 Å². The van der Waals surface area contributed by atoms with Crippen LogP contribution in [0.15, 0.2) is 42.5 Å². The Bertz CT molecular complexity index is 1190. The quantitative estimate of drug-likeness (QED) is 0.410. The van der Waals surface area contributed by atoms with Gasteiger partial charge >= 0.3 is 0 Å². The predicted octanol–water partition coefficient (Wildman–Crippen LogP) is 4.40. The fourth-order valence-electron chi connectivity index (χ4n) is 3.96. The van der Waals surface area contributed by atoms with Gasteiger partial charge in [0.2, 0.25) is 21.8 Å². The molecule has 2 amide bonds. The normalized spacial score (nSPS) is 12.3. The Labute approximate surface area is 218 Å². The molecule has 0 heterocycles. The molecular weight excluding hydrogens is 500 g/mol. The largest absolute Gasteiger partial charge is 0.354 e. The van der Waals surface area contributed by atoms with Gasteiger partial charge in [-0.1, -0.05) is 45.0 Å². The minimum Gasteiger partial charge on any atom is -0.354 e. The average Bonchev–Trinajstić information content (AvgIpc) is 2.82. The summed E-state index contributed by atoms with van der Waals surface area (Å²) >= 11 is 0. The van der Waals surface area contributed by atoms with E-state index in [-0.39, 0.29) is 49.4 Å². The van der Waals surface area contributed by atoms with Crippen LogP contribution in [0, 0.1) is 24.5 Å². The lowest BCUT2D eigenvalue weighted by Gasteiger charge is -2.31. The Hall–Kier alpha value is -3.01. The van der Waals surface area contributed by atoms with Gasteiger partial charge in [-0.15, -0.1) is 0 Å². The highest BCUT2D eigenvalue weighted by molar-refractivity contribution is 7.92. The molecule has 2 rings (SSSR count). The first-order chi connectivity index (χ1) is 17.3. The Balaban J connectivity index is 2.24. The molecule has 0 saturated heterocycles. The van der Waals surface area contributed by atoms with Crippen LogP contribution >= 0.6 is 0 Å². The van der Waals surface area contributed by atoms with Gasteiger partial charge in [0.15, 0.2) is 11.6 Å². The summed E-state index contributed by atoms with van der Waals surface area (Å²) in [6, 6.07) is 9.77. The third kappa shape index (κ3) is 8.80. The molecular formula is C27H37F2N3O4S. The topological polar surface area (TPSA) is 86.8 Å². The molecule has 0 aliphatic carbocycles. The van der Waals surface area contributed by atoms with Crippen molar-refractivity contribution in [2.75, 3.05) is 23.7 Å². The van der Waals surface area contributed by atoms with Crippen molar-refractivity contribution >= 4 is 27.5 Å². The molecule has 0 aliphatic heterocycles. The lowest BCUT2D eigenvalue weighted by molar-refractivity contribution is -0.141. The van der Waals surface area contributed by atoms with Gasteiger partial charge in [-0.25, -0.2) is 17.2 Å². The lowest BCUT2D eigenvalue weighted by atomic mass is 10.0. The van der Waals surface area contributed by atoms with Crippen LogP contribution in [0.3, 0.4) is 0 Å². The highest BCUT2D eigenvalue weighted by Gasteiger charge is 2.29. The molecule has 0 radical (unpaired) electrons. The number of rotatable bonds is 13. The van der Waals surface area contributed by atoms with Gasteiger partial charge in [0, 0.05) is 32.1 Å². The third-order valence-corrected chi connectivity index (χ3v) is 7.21. The number of aryl methyl sites for hydroxylation is 1. The number of hydrogen-bond donors (Lipinski definition) is 1. The van der Waals surface area contributed by atoms with E-state index in [1.54, 1.807) is 4.90 Å². The zero-order valence-electron chi connectivity index (χ0n) is 22.1. The van der Waals surface area contributed by atoms with Gasteiger partial charge in [0.05, 0.1) is 11.9 Å². The van der Waals surface area contributed by atoms with Crippen LogP contribution in [0.25, 0.3) is 0 Å². The zero-order chi connectivity index (χ0) is 27.8. The molecule has 1 N–H and O–H groups in total. The molecule has 2 aromatic rings. The fraction of sp³-hybridized carbons (Fsp3) is 0.481. The number of halogens is 2. The maximum Gasteiger partial charge on any atom is 0.242 e.